The van der Waals surface area contributed by atoms with Crippen molar-refractivity contribution in [2.75, 3.05) is 0 Å². The van der Waals surface area contributed by atoms with E-state index in [-0.39, 0.29) is 0 Å². The molecule has 0 amide bonds. The standard InChI is InChI=1S/C20H13BrN4/c21-14-8-12(17-10-24-19-15(17)3-1-5-22-19)7-13(9-14)18-11-25-20-16(18)4-2-6-23-20/h1-11H,(H,22,24)(H,23,25). The van der Waals surface area contributed by atoms with Crippen molar-refractivity contribution in [3.05, 3.63) is 71.7 Å². The van der Waals surface area contributed by atoms with Gasteiger partial charge in [-0.1, -0.05) is 15.9 Å². The van der Waals surface area contributed by atoms with Crippen LogP contribution in [0, 0.1) is 0 Å². The van der Waals surface area contributed by atoms with Crippen molar-refractivity contribution >= 4 is 38.0 Å². The van der Waals surface area contributed by atoms with E-state index < -0.39 is 0 Å². The second-order valence-electron chi connectivity index (χ2n) is 5.93. The molecule has 4 heterocycles. The summed E-state index contributed by atoms with van der Waals surface area (Å²) >= 11 is 3.66. The quantitative estimate of drug-likeness (QED) is 0.417. The molecule has 5 rings (SSSR count). The Morgan fingerprint density at radius 1 is 0.720 bits per heavy atom. The summed E-state index contributed by atoms with van der Waals surface area (Å²) in [7, 11) is 0. The van der Waals surface area contributed by atoms with E-state index in [2.05, 4.69) is 66.2 Å². The Balaban J connectivity index is 1.73. The lowest BCUT2D eigenvalue weighted by Crippen LogP contribution is -1.82. The molecule has 5 aromatic rings. The van der Waals surface area contributed by atoms with E-state index in [1.54, 1.807) is 12.4 Å². The van der Waals surface area contributed by atoms with Gasteiger partial charge in [0.2, 0.25) is 0 Å². The third-order valence-electron chi connectivity index (χ3n) is 4.42. The van der Waals surface area contributed by atoms with Gasteiger partial charge in [-0.15, -0.1) is 0 Å². The number of aromatic nitrogens is 4. The molecular formula is C20H13BrN4. The zero-order chi connectivity index (χ0) is 16.8. The van der Waals surface area contributed by atoms with Gasteiger partial charge in [0.05, 0.1) is 0 Å². The Hall–Kier alpha value is -2.92. The molecule has 5 heteroatoms. The SMILES string of the molecule is Brc1cc(-c2c[nH]c3ncccc23)cc(-c2c[nH]c3ncccc23)c1. The molecule has 1 aromatic carbocycles. The van der Waals surface area contributed by atoms with Crippen molar-refractivity contribution in [2.45, 2.75) is 0 Å². The lowest BCUT2D eigenvalue weighted by Gasteiger charge is -2.06. The van der Waals surface area contributed by atoms with Gasteiger partial charge in [0.15, 0.2) is 0 Å². The number of pyridine rings is 2. The lowest BCUT2D eigenvalue weighted by molar-refractivity contribution is 1.33. The number of hydrogen-bond acceptors (Lipinski definition) is 2. The number of H-pyrrole nitrogens is 2. The summed E-state index contributed by atoms with van der Waals surface area (Å²) in [6.07, 6.45) is 7.63. The monoisotopic (exact) mass is 388 g/mol. The van der Waals surface area contributed by atoms with E-state index in [9.17, 15) is 0 Å². The van der Waals surface area contributed by atoms with Crippen molar-refractivity contribution < 1.29 is 0 Å². The first kappa shape index (κ1) is 14.4. The topological polar surface area (TPSA) is 57.4 Å². The number of halogens is 1. The van der Waals surface area contributed by atoms with Crippen LogP contribution in [0.3, 0.4) is 0 Å². The summed E-state index contributed by atoms with van der Waals surface area (Å²) in [5.41, 5.74) is 6.36. The third-order valence-corrected chi connectivity index (χ3v) is 4.88. The van der Waals surface area contributed by atoms with Crippen molar-refractivity contribution in [2.24, 2.45) is 0 Å². The Labute approximate surface area is 152 Å². The molecule has 0 spiro atoms. The first-order chi connectivity index (χ1) is 12.3. The molecule has 25 heavy (non-hydrogen) atoms. The molecule has 0 radical (unpaired) electrons. The van der Waals surface area contributed by atoms with Crippen LogP contribution >= 0.6 is 15.9 Å². The largest absolute Gasteiger partial charge is 0.346 e. The molecular weight excluding hydrogens is 376 g/mol. The normalized spacial score (nSPS) is 11.4. The minimum Gasteiger partial charge on any atom is -0.346 e. The molecule has 0 aliphatic rings. The van der Waals surface area contributed by atoms with Crippen molar-refractivity contribution in [1.29, 1.82) is 0 Å². The Morgan fingerprint density at radius 2 is 1.24 bits per heavy atom. The van der Waals surface area contributed by atoms with Gasteiger partial charge in [-0.05, 0) is 53.6 Å². The second-order valence-corrected chi connectivity index (χ2v) is 6.85. The van der Waals surface area contributed by atoms with Gasteiger partial charge in [-0.2, -0.15) is 0 Å². The number of benzene rings is 1. The number of fused-ring (bicyclic) bond motifs is 2. The van der Waals surface area contributed by atoms with Gasteiger partial charge in [-0.25, -0.2) is 9.97 Å². The van der Waals surface area contributed by atoms with Gasteiger partial charge in [0, 0.05) is 51.2 Å². The van der Waals surface area contributed by atoms with E-state index in [0.717, 1.165) is 48.8 Å². The van der Waals surface area contributed by atoms with Gasteiger partial charge >= 0.3 is 0 Å². The highest BCUT2D eigenvalue weighted by Crippen LogP contribution is 2.35. The summed E-state index contributed by atoms with van der Waals surface area (Å²) < 4.78 is 1.04. The van der Waals surface area contributed by atoms with Crippen molar-refractivity contribution in [3.8, 4) is 22.3 Å². The summed E-state index contributed by atoms with van der Waals surface area (Å²) in [6.45, 7) is 0. The maximum atomic E-state index is 4.38. The van der Waals surface area contributed by atoms with Crippen molar-refractivity contribution in [1.82, 2.24) is 19.9 Å². The van der Waals surface area contributed by atoms with E-state index in [1.807, 2.05) is 24.5 Å². The summed E-state index contributed by atoms with van der Waals surface area (Å²) in [5, 5.41) is 2.24. The van der Waals surface area contributed by atoms with E-state index in [1.165, 1.54) is 0 Å². The summed E-state index contributed by atoms with van der Waals surface area (Å²) in [5.74, 6) is 0. The smallest absolute Gasteiger partial charge is 0.137 e. The molecule has 0 unspecified atom stereocenters. The summed E-state index contributed by atoms with van der Waals surface area (Å²) in [4.78, 5) is 15.3. The molecule has 4 nitrogen and oxygen atoms in total. The highest BCUT2D eigenvalue weighted by atomic mass is 79.9. The predicted molar refractivity (Wildman–Crippen MR) is 104 cm³/mol. The van der Waals surface area contributed by atoms with Crippen molar-refractivity contribution in [3.63, 3.8) is 0 Å². The van der Waals surface area contributed by atoms with Crippen LogP contribution in [-0.2, 0) is 0 Å². The molecule has 4 aromatic heterocycles. The molecule has 0 saturated heterocycles. The van der Waals surface area contributed by atoms with Crippen LogP contribution in [-0.4, -0.2) is 19.9 Å². The van der Waals surface area contributed by atoms with Gasteiger partial charge < -0.3 is 9.97 Å². The maximum absolute atomic E-state index is 4.38. The van der Waals surface area contributed by atoms with Crippen LogP contribution in [0.25, 0.3) is 44.3 Å². The molecule has 2 N–H and O–H groups in total. The predicted octanol–water partition coefficient (Wildman–Crippen LogP) is 5.54. The minimum atomic E-state index is 0.898. The highest BCUT2D eigenvalue weighted by Gasteiger charge is 2.12. The Kier molecular flexibility index (Phi) is 3.21. The van der Waals surface area contributed by atoms with E-state index >= 15 is 0 Å². The maximum Gasteiger partial charge on any atom is 0.137 e. The van der Waals surface area contributed by atoms with Crippen LogP contribution in [0.15, 0.2) is 71.7 Å². The van der Waals surface area contributed by atoms with Crippen LogP contribution in [0.4, 0.5) is 0 Å². The van der Waals surface area contributed by atoms with Gasteiger partial charge in [0.1, 0.15) is 11.3 Å². The highest BCUT2D eigenvalue weighted by molar-refractivity contribution is 9.10. The minimum absolute atomic E-state index is 0.898. The van der Waals surface area contributed by atoms with Gasteiger partial charge in [-0.3, -0.25) is 0 Å². The molecule has 0 aliphatic heterocycles. The molecule has 0 saturated carbocycles. The average molecular weight is 389 g/mol. The third kappa shape index (κ3) is 2.36. The van der Waals surface area contributed by atoms with Gasteiger partial charge in [0.25, 0.3) is 0 Å². The fourth-order valence-corrected chi connectivity index (χ4v) is 3.78. The van der Waals surface area contributed by atoms with Crippen LogP contribution in [0.2, 0.25) is 0 Å². The first-order valence-electron chi connectivity index (χ1n) is 7.95. The van der Waals surface area contributed by atoms with E-state index in [0.29, 0.717) is 0 Å². The lowest BCUT2D eigenvalue weighted by atomic mass is 9.99. The molecule has 0 atom stereocenters. The number of nitrogens with one attached hydrogen (secondary N) is 2. The van der Waals surface area contributed by atoms with Crippen LogP contribution in [0.5, 0.6) is 0 Å². The zero-order valence-corrected chi connectivity index (χ0v) is 14.7. The fourth-order valence-electron chi connectivity index (χ4n) is 3.29. The van der Waals surface area contributed by atoms with Crippen LogP contribution < -0.4 is 0 Å². The second kappa shape index (κ2) is 5.57. The first-order valence-corrected chi connectivity index (χ1v) is 8.74. The van der Waals surface area contributed by atoms with E-state index in [4.69, 9.17) is 0 Å². The number of hydrogen-bond donors (Lipinski definition) is 2. The summed E-state index contributed by atoms with van der Waals surface area (Å²) in [6, 6.07) is 14.6. The number of rotatable bonds is 2. The number of aromatic amines is 2. The molecule has 120 valence electrons. The van der Waals surface area contributed by atoms with Crippen LogP contribution in [0.1, 0.15) is 0 Å². The Morgan fingerprint density at radius 3 is 1.76 bits per heavy atom. The fraction of sp³-hybridized carbons (Fsp3) is 0. The molecule has 0 fully saturated rings. The zero-order valence-electron chi connectivity index (χ0n) is 13.1. The number of nitrogens with zero attached hydrogens (tertiary/aromatic N) is 2. The average Bonchev–Trinajstić information content (AvgIpc) is 3.25. The molecule has 0 aliphatic carbocycles. The molecule has 0 bridgehead atoms. The Bertz CT molecular complexity index is 1130.